The van der Waals surface area contributed by atoms with Crippen molar-refractivity contribution in [3.05, 3.63) is 12.7 Å². The van der Waals surface area contributed by atoms with Gasteiger partial charge in [0, 0.05) is 16.8 Å². The first kappa shape index (κ1) is 7.22. The molecule has 1 rings (SSSR count). The lowest BCUT2D eigenvalue weighted by Gasteiger charge is -2.22. The van der Waals surface area contributed by atoms with Crippen molar-refractivity contribution < 1.29 is 4.79 Å². The predicted octanol–water partition coefficient (Wildman–Crippen LogP) is 1.55. The fraction of sp³-hybridized carbons (Fsp3) is 0.500. The minimum atomic E-state index is 0.111. The minimum absolute atomic E-state index is 0.111. The fourth-order valence-electron chi connectivity index (χ4n) is 0.494. The maximum absolute atomic E-state index is 10.7. The number of rotatable bonds is 2. The van der Waals surface area contributed by atoms with Gasteiger partial charge in [0.1, 0.15) is 0 Å². The van der Waals surface area contributed by atoms with Crippen molar-refractivity contribution in [1.29, 1.82) is 0 Å². The van der Waals surface area contributed by atoms with E-state index in [4.69, 9.17) is 0 Å². The SMILES string of the molecule is C=CC(=O)SC1CSC1. The Labute approximate surface area is 63.3 Å². The molecule has 0 unspecified atom stereocenters. The van der Waals surface area contributed by atoms with Gasteiger partial charge in [-0.1, -0.05) is 18.3 Å². The molecular weight excluding hydrogens is 152 g/mol. The highest BCUT2D eigenvalue weighted by molar-refractivity contribution is 8.17. The van der Waals surface area contributed by atoms with Crippen molar-refractivity contribution in [1.82, 2.24) is 0 Å². The topological polar surface area (TPSA) is 17.1 Å². The normalized spacial score (nSPS) is 18.7. The molecule has 0 saturated carbocycles. The Morgan fingerprint density at radius 3 is 2.78 bits per heavy atom. The Morgan fingerprint density at radius 2 is 2.44 bits per heavy atom. The molecule has 1 heterocycles. The predicted molar refractivity (Wildman–Crippen MR) is 43.9 cm³/mol. The summed E-state index contributed by atoms with van der Waals surface area (Å²) in [7, 11) is 0. The zero-order valence-electron chi connectivity index (χ0n) is 5.00. The van der Waals surface area contributed by atoms with Gasteiger partial charge in [-0.3, -0.25) is 4.79 Å². The van der Waals surface area contributed by atoms with E-state index in [1.54, 1.807) is 0 Å². The first-order chi connectivity index (χ1) is 4.33. The van der Waals surface area contributed by atoms with Crippen LogP contribution in [0.5, 0.6) is 0 Å². The third kappa shape index (κ3) is 2.06. The molecule has 1 aliphatic heterocycles. The Hall–Kier alpha value is 0.110. The van der Waals surface area contributed by atoms with Gasteiger partial charge in [0.05, 0.1) is 0 Å². The van der Waals surface area contributed by atoms with Gasteiger partial charge in [-0.15, -0.1) is 0 Å². The average Bonchev–Trinajstić information content (AvgIpc) is 1.78. The maximum atomic E-state index is 10.7. The first-order valence-electron chi connectivity index (χ1n) is 2.73. The maximum Gasteiger partial charge on any atom is 0.211 e. The van der Waals surface area contributed by atoms with Crippen molar-refractivity contribution in [3.63, 3.8) is 0 Å². The second-order valence-electron chi connectivity index (χ2n) is 1.80. The van der Waals surface area contributed by atoms with Crippen LogP contribution in [-0.2, 0) is 4.79 Å². The lowest BCUT2D eigenvalue weighted by atomic mass is 10.5. The molecule has 0 N–H and O–H groups in total. The van der Waals surface area contributed by atoms with E-state index >= 15 is 0 Å². The number of hydrogen-bond acceptors (Lipinski definition) is 3. The Morgan fingerprint density at radius 1 is 1.78 bits per heavy atom. The van der Waals surface area contributed by atoms with Crippen molar-refractivity contribution in [3.8, 4) is 0 Å². The van der Waals surface area contributed by atoms with E-state index in [1.807, 2.05) is 11.8 Å². The zero-order valence-corrected chi connectivity index (χ0v) is 6.63. The zero-order chi connectivity index (χ0) is 6.69. The van der Waals surface area contributed by atoms with E-state index in [0.29, 0.717) is 5.25 Å². The van der Waals surface area contributed by atoms with Gasteiger partial charge < -0.3 is 0 Å². The number of thioether (sulfide) groups is 2. The van der Waals surface area contributed by atoms with Gasteiger partial charge >= 0.3 is 0 Å². The largest absolute Gasteiger partial charge is 0.282 e. The second kappa shape index (κ2) is 3.32. The summed E-state index contributed by atoms with van der Waals surface area (Å²) in [5.74, 6) is 2.26. The van der Waals surface area contributed by atoms with E-state index in [0.717, 1.165) is 11.5 Å². The lowest BCUT2D eigenvalue weighted by Crippen LogP contribution is -2.21. The summed E-state index contributed by atoms with van der Waals surface area (Å²) < 4.78 is 0. The van der Waals surface area contributed by atoms with E-state index in [2.05, 4.69) is 6.58 Å². The van der Waals surface area contributed by atoms with Gasteiger partial charge in [-0.05, 0) is 6.08 Å². The molecule has 1 fully saturated rings. The highest BCUT2D eigenvalue weighted by Gasteiger charge is 2.20. The van der Waals surface area contributed by atoms with Crippen molar-refractivity contribution in [2.45, 2.75) is 5.25 Å². The molecule has 9 heavy (non-hydrogen) atoms. The molecular formula is C6H8OS2. The molecule has 0 aromatic rings. The van der Waals surface area contributed by atoms with Gasteiger partial charge in [0.2, 0.25) is 5.12 Å². The van der Waals surface area contributed by atoms with Crippen LogP contribution in [0.25, 0.3) is 0 Å². The molecule has 0 aliphatic carbocycles. The molecule has 0 amide bonds. The van der Waals surface area contributed by atoms with Crippen LogP contribution in [0.3, 0.4) is 0 Å². The molecule has 0 spiro atoms. The quantitative estimate of drug-likeness (QED) is 0.570. The van der Waals surface area contributed by atoms with Crippen LogP contribution >= 0.6 is 23.5 Å². The highest BCUT2D eigenvalue weighted by Crippen LogP contribution is 2.29. The molecule has 3 heteroatoms. The van der Waals surface area contributed by atoms with E-state index < -0.39 is 0 Å². The van der Waals surface area contributed by atoms with Crippen molar-refractivity contribution >= 4 is 28.6 Å². The average molecular weight is 160 g/mol. The Bertz CT molecular complexity index is 129. The van der Waals surface area contributed by atoms with Gasteiger partial charge in [-0.25, -0.2) is 0 Å². The first-order valence-corrected chi connectivity index (χ1v) is 4.77. The van der Waals surface area contributed by atoms with E-state index in [1.165, 1.54) is 17.8 Å². The number of carbonyl (C=O) groups excluding carboxylic acids is 1. The summed E-state index contributed by atoms with van der Waals surface area (Å²) >= 11 is 3.30. The molecule has 0 aromatic heterocycles. The molecule has 1 aliphatic rings. The number of carbonyl (C=O) groups is 1. The number of hydrogen-bond donors (Lipinski definition) is 0. The molecule has 0 aromatic carbocycles. The molecule has 1 saturated heterocycles. The third-order valence-electron chi connectivity index (χ3n) is 1.06. The van der Waals surface area contributed by atoms with Gasteiger partial charge in [-0.2, -0.15) is 11.8 Å². The molecule has 0 radical (unpaired) electrons. The molecule has 0 bridgehead atoms. The van der Waals surface area contributed by atoms with Gasteiger partial charge in [0.25, 0.3) is 0 Å². The van der Waals surface area contributed by atoms with Crippen LogP contribution in [0.2, 0.25) is 0 Å². The summed E-state index contributed by atoms with van der Waals surface area (Å²) in [6.45, 7) is 3.39. The van der Waals surface area contributed by atoms with E-state index in [-0.39, 0.29) is 5.12 Å². The summed E-state index contributed by atoms with van der Waals surface area (Å²) in [4.78, 5) is 10.7. The fourth-order valence-corrected chi connectivity index (χ4v) is 2.47. The standard InChI is InChI=1S/C6H8OS2/c1-2-6(7)9-5-3-8-4-5/h2,5H,1,3-4H2. The molecule has 1 nitrogen and oxygen atoms in total. The summed E-state index contributed by atoms with van der Waals surface area (Å²) in [5.41, 5.74) is 0. The van der Waals surface area contributed by atoms with Crippen LogP contribution in [0.1, 0.15) is 0 Å². The smallest absolute Gasteiger partial charge is 0.211 e. The summed E-state index contributed by atoms with van der Waals surface area (Å²) in [6, 6.07) is 0. The van der Waals surface area contributed by atoms with Gasteiger partial charge in [0.15, 0.2) is 0 Å². The van der Waals surface area contributed by atoms with Crippen molar-refractivity contribution in [2.75, 3.05) is 11.5 Å². The van der Waals surface area contributed by atoms with Crippen LogP contribution in [-0.4, -0.2) is 21.9 Å². The summed E-state index contributed by atoms with van der Waals surface area (Å²) in [5, 5.41) is 0.681. The second-order valence-corrected chi connectivity index (χ2v) is 4.18. The minimum Gasteiger partial charge on any atom is -0.282 e. The Balaban J connectivity index is 2.16. The monoisotopic (exact) mass is 160 g/mol. The Kier molecular flexibility index (Phi) is 2.66. The van der Waals surface area contributed by atoms with Crippen LogP contribution < -0.4 is 0 Å². The molecule has 0 atom stereocenters. The highest BCUT2D eigenvalue weighted by atomic mass is 32.2. The van der Waals surface area contributed by atoms with Crippen LogP contribution in [0.4, 0.5) is 0 Å². The third-order valence-corrected chi connectivity index (χ3v) is 3.82. The molecule has 50 valence electrons. The van der Waals surface area contributed by atoms with E-state index in [9.17, 15) is 4.79 Å². The summed E-state index contributed by atoms with van der Waals surface area (Å²) in [6.07, 6.45) is 1.38. The van der Waals surface area contributed by atoms with Crippen LogP contribution in [0.15, 0.2) is 12.7 Å². The lowest BCUT2D eigenvalue weighted by molar-refractivity contribution is -0.107. The van der Waals surface area contributed by atoms with Crippen molar-refractivity contribution in [2.24, 2.45) is 0 Å². The van der Waals surface area contributed by atoms with Crippen LogP contribution in [0, 0.1) is 0 Å².